The third-order valence-corrected chi connectivity index (χ3v) is 10.9. The molecule has 0 unspecified atom stereocenters. The Morgan fingerprint density at radius 1 is 0.909 bits per heavy atom. The van der Waals surface area contributed by atoms with Crippen LogP contribution in [0.25, 0.3) is 10.4 Å². The van der Waals surface area contributed by atoms with Crippen LogP contribution in [0, 0.1) is 0 Å². The lowest BCUT2D eigenvalue weighted by atomic mass is 10.0. The van der Waals surface area contributed by atoms with Crippen molar-refractivity contribution in [3.8, 4) is 5.75 Å². The number of azide groups is 1. The van der Waals surface area contributed by atoms with Crippen LogP contribution in [0.3, 0.4) is 0 Å². The monoisotopic (exact) mass is 461 g/mol. The first kappa shape index (κ1) is 24.5. The van der Waals surface area contributed by atoms with Crippen molar-refractivity contribution in [3.63, 3.8) is 0 Å². The number of ether oxygens (including phenoxy) is 1. The van der Waals surface area contributed by atoms with Crippen LogP contribution in [0.4, 0.5) is 0 Å². The first-order chi connectivity index (χ1) is 15.8. The van der Waals surface area contributed by atoms with Gasteiger partial charge in [0.2, 0.25) is 0 Å². The molecule has 172 valence electrons. The molecule has 0 heterocycles. The Bertz CT molecular complexity index is 1020. The quantitative estimate of drug-likeness (QED) is 0.211. The predicted molar refractivity (Wildman–Crippen MR) is 134 cm³/mol. The Kier molecular flexibility index (Phi) is 7.95. The lowest BCUT2D eigenvalue weighted by molar-refractivity contribution is 0.0807. The van der Waals surface area contributed by atoms with Gasteiger partial charge in [-0.25, -0.2) is 0 Å². The van der Waals surface area contributed by atoms with Crippen molar-refractivity contribution < 1.29 is 14.3 Å². The molecule has 0 bridgehead atoms. The van der Waals surface area contributed by atoms with Gasteiger partial charge in [-0.15, -0.1) is 0 Å². The van der Waals surface area contributed by atoms with Crippen LogP contribution >= 0.6 is 0 Å². The molecule has 0 aliphatic heterocycles. The summed E-state index contributed by atoms with van der Waals surface area (Å²) in [4.78, 5) is 2.98. The molecule has 0 aliphatic rings. The summed E-state index contributed by atoms with van der Waals surface area (Å²) < 4.78 is 12.0. The Balaban J connectivity index is 2.00. The summed E-state index contributed by atoms with van der Waals surface area (Å²) >= 11 is 0. The molecule has 3 aromatic carbocycles. The van der Waals surface area contributed by atoms with Crippen molar-refractivity contribution in [3.05, 3.63) is 101 Å². The van der Waals surface area contributed by atoms with E-state index in [9.17, 15) is 5.11 Å². The van der Waals surface area contributed by atoms with Crippen molar-refractivity contribution in [1.82, 2.24) is 0 Å². The molecule has 33 heavy (non-hydrogen) atoms. The first-order valence-corrected chi connectivity index (χ1v) is 12.9. The van der Waals surface area contributed by atoms with Crippen molar-refractivity contribution in [2.45, 2.75) is 38.0 Å². The molecule has 1 N–H and O–H groups in total. The Morgan fingerprint density at radius 3 is 1.85 bits per heavy atom. The van der Waals surface area contributed by atoms with Crippen LogP contribution in [-0.4, -0.2) is 33.2 Å². The molecule has 3 rings (SSSR count). The Hall–Kier alpha value is -3.09. The van der Waals surface area contributed by atoms with E-state index in [2.05, 4.69) is 55.1 Å². The second-order valence-corrected chi connectivity index (χ2v) is 13.3. The van der Waals surface area contributed by atoms with Crippen LogP contribution < -0.4 is 15.1 Å². The van der Waals surface area contributed by atoms with Gasteiger partial charge in [-0.2, -0.15) is 0 Å². The maximum Gasteiger partial charge on any atom is 0.261 e. The van der Waals surface area contributed by atoms with E-state index in [1.54, 1.807) is 31.4 Å². The summed E-state index contributed by atoms with van der Waals surface area (Å²) in [5, 5.41) is 17.1. The molecule has 0 saturated carbocycles. The number of hydrogen-bond acceptors (Lipinski definition) is 4. The van der Waals surface area contributed by atoms with E-state index in [0.717, 1.165) is 10.4 Å². The summed E-state index contributed by atoms with van der Waals surface area (Å²) in [6, 6.07) is 26.9. The van der Waals surface area contributed by atoms with Gasteiger partial charge in [-0.3, -0.25) is 0 Å². The average Bonchev–Trinajstić information content (AvgIpc) is 2.83. The Labute approximate surface area is 196 Å². The highest BCUT2D eigenvalue weighted by molar-refractivity contribution is 6.99. The fourth-order valence-electron chi connectivity index (χ4n) is 4.29. The number of hydrogen-bond donors (Lipinski definition) is 1. The van der Waals surface area contributed by atoms with Crippen molar-refractivity contribution in [2.24, 2.45) is 5.11 Å². The number of benzene rings is 3. The van der Waals surface area contributed by atoms with Gasteiger partial charge in [0.15, 0.2) is 0 Å². The molecule has 0 amide bonds. The highest BCUT2D eigenvalue weighted by atomic mass is 28.4. The zero-order chi connectivity index (χ0) is 23.9. The van der Waals surface area contributed by atoms with Crippen molar-refractivity contribution >= 4 is 18.7 Å². The van der Waals surface area contributed by atoms with Gasteiger partial charge < -0.3 is 14.3 Å². The van der Waals surface area contributed by atoms with E-state index in [4.69, 9.17) is 14.7 Å². The van der Waals surface area contributed by atoms with Gasteiger partial charge in [0, 0.05) is 4.91 Å². The third kappa shape index (κ3) is 5.29. The number of rotatable bonds is 9. The minimum atomic E-state index is -2.81. The molecule has 0 aliphatic carbocycles. The van der Waals surface area contributed by atoms with E-state index in [1.807, 2.05) is 36.4 Å². The lowest BCUT2D eigenvalue weighted by Gasteiger charge is -2.43. The van der Waals surface area contributed by atoms with E-state index in [-0.39, 0.29) is 11.6 Å². The molecule has 0 spiro atoms. The smallest absolute Gasteiger partial charge is 0.261 e. The highest BCUT2D eigenvalue weighted by Crippen LogP contribution is 2.37. The average molecular weight is 462 g/mol. The summed E-state index contributed by atoms with van der Waals surface area (Å²) in [6.07, 6.45) is -1.02. The van der Waals surface area contributed by atoms with Gasteiger partial charge >= 0.3 is 0 Å². The molecular formula is C26H31N3O3Si. The van der Waals surface area contributed by atoms with E-state index >= 15 is 0 Å². The van der Waals surface area contributed by atoms with Crippen LogP contribution in [-0.2, 0) is 4.43 Å². The summed E-state index contributed by atoms with van der Waals surface area (Å²) in [5.74, 6) is 0.691. The topological polar surface area (TPSA) is 87.5 Å². The second kappa shape index (κ2) is 10.7. The Morgan fingerprint density at radius 2 is 1.42 bits per heavy atom. The maximum absolute atomic E-state index is 11.1. The zero-order valence-corrected chi connectivity index (χ0v) is 20.6. The maximum atomic E-state index is 11.1. The van der Waals surface area contributed by atoms with Gasteiger partial charge in [-0.05, 0) is 38.6 Å². The van der Waals surface area contributed by atoms with Crippen molar-refractivity contribution in [2.75, 3.05) is 13.7 Å². The molecule has 6 nitrogen and oxygen atoms in total. The largest absolute Gasteiger partial charge is 0.497 e. The fraction of sp³-hybridized carbons (Fsp3) is 0.308. The van der Waals surface area contributed by atoms with Crippen LogP contribution in [0.5, 0.6) is 5.75 Å². The van der Waals surface area contributed by atoms with Crippen LogP contribution in [0.1, 0.15) is 32.4 Å². The van der Waals surface area contributed by atoms with Gasteiger partial charge in [0.25, 0.3) is 8.32 Å². The number of aliphatic hydroxyl groups is 1. The molecule has 0 fully saturated rings. The molecule has 0 saturated heterocycles. The molecule has 7 heteroatoms. The summed E-state index contributed by atoms with van der Waals surface area (Å²) in [7, 11) is -1.22. The summed E-state index contributed by atoms with van der Waals surface area (Å²) in [6.45, 7) is 6.57. The van der Waals surface area contributed by atoms with E-state index < -0.39 is 20.5 Å². The minimum absolute atomic E-state index is 0.0308. The van der Waals surface area contributed by atoms with Gasteiger partial charge in [-0.1, -0.05) is 98.7 Å². The van der Waals surface area contributed by atoms with E-state index in [1.165, 1.54) is 0 Å². The predicted octanol–water partition coefficient (Wildman–Crippen LogP) is 4.98. The lowest BCUT2D eigenvalue weighted by Crippen LogP contribution is -2.67. The first-order valence-electron chi connectivity index (χ1n) is 10.9. The van der Waals surface area contributed by atoms with Gasteiger partial charge in [0.05, 0.1) is 25.9 Å². The number of aliphatic hydroxyl groups excluding tert-OH is 1. The number of methoxy groups -OCH3 is 1. The van der Waals surface area contributed by atoms with Crippen LogP contribution in [0.15, 0.2) is 90.0 Å². The molecule has 3 aromatic rings. The fourth-order valence-corrected chi connectivity index (χ4v) is 8.86. The molecule has 0 aromatic heterocycles. The third-order valence-electron chi connectivity index (χ3n) is 5.89. The second-order valence-electron chi connectivity index (χ2n) is 8.96. The SMILES string of the molecule is COc1ccc([C@@H](N=[N+]=[N-])[C@@H](O)CO[Si](c2ccccc2)(c2ccccc2)C(C)(C)C)cc1. The molecular weight excluding hydrogens is 430 g/mol. The highest BCUT2D eigenvalue weighted by Gasteiger charge is 2.50. The minimum Gasteiger partial charge on any atom is -0.497 e. The standard InChI is InChI=1S/C26H31N3O3Si/c1-26(2,3)33(22-11-7-5-8-12-22,23-13-9-6-10-14-23)32-19-24(30)25(28-29-27)20-15-17-21(31-4)18-16-20/h5-18,24-25,30H,19H2,1-4H3/t24-,25+/m0/s1. The normalized spacial score (nSPS) is 13.6. The van der Waals surface area contributed by atoms with E-state index in [0.29, 0.717) is 11.3 Å². The van der Waals surface area contributed by atoms with Crippen LogP contribution in [0.2, 0.25) is 5.04 Å². The van der Waals surface area contributed by atoms with Gasteiger partial charge in [0.1, 0.15) is 5.75 Å². The summed E-state index contributed by atoms with van der Waals surface area (Å²) in [5.41, 5.74) is 9.85. The van der Waals surface area contributed by atoms with Crippen molar-refractivity contribution in [1.29, 1.82) is 0 Å². The zero-order valence-electron chi connectivity index (χ0n) is 19.6. The molecule has 0 radical (unpaired) electrons. The number of nitrogens with zero attached hydrogens (tertiary/aromatic N) is 3. The molecule has 2 atom stereocenters.